The van der Waals surface area contributed by atoms with Gasteiger partial charge in [-0.15, -0.1) is 0 Å². The van der Waals surface area contributed by atoms with Crippen molar-refractivity contribution in [2.24, 2.45) is 4.99 Å². The molecule has 2 heterocycles. The zero-order valence-electron chi connectivity index (χ0n) is 13.5. The highest BCUT2D eigenvalue weighted by atomic mass is 19.4. The maximum atomic E-state index is 12.9. The summed E-state index contributed by atoms with van der Waals surface area (Å²) < 4.78 is 44.6. The second-order valence-corrected chi connectivity index (χ2v) is 5.86. The van der Waals surface area contributed by atoms with Gasteiger partial charge >= 0.3 is 6.18 Å². The number of fused-ring (bicyclic) bond motifs is 1. The average molecular weight is 354 g/mol. The van der Waals surface area contributed by atoms with Crippen LogP contribution in [0.25, 0.3) is 0 Å². The Bertz CT molecular complexity index is 982. The van der Waals surface area contributed by atoms with Crippen LogP contribution in [0.1, 0.15) is 16.7 Å². The first-order valence-electron chi connectivity index (χ1n) is 7.96. The molecule has 6 heteroatoms. The lowest BCUT2D eigenvalue weighted by atomic mass is 10.0. The maximum Gasteiger partial charge on any atom is 0.416 e. The van der Waals surface area contributed by atoms with Crippen molar-refractivity contribution < 1.29 is 17.9 Å². The molecule has 0 saturated heterocycles. The van der Waals surface area contributed by atoms with E-state index in [1.165, 1.54) is 6.07 Å². The minimum Gasteiger partial charge on any atom is -0.455 e. The number of halogens is 3. The van der Waals surface area contributed by atoms with Gasteiger partial charge in [0.25, 0.3) is 0 Å². The van der Waals surface area contributed by atoms with Crippen molar-refractivity contribution in [3.63, 3.8) is 0 Å². The smallest absolute Gasteiger partial charge is 0.416 e. The number of para-hydroxylation sites is 1. The molecule has 2 aromatic carbocycles. The molecule has 1 aliphatic rings. The lowest BCUT2D eigenvalue weighted by molar-refractivity contribution is -0.137. The largest absolute Gasteiger partial charge is 0.455 e. The van der Waals surface area contributed by atoms with E-state index in [9.17, 15) is 13.2 Å². The second-order valence-electron chi connectivity index (χ2n) is 5.86. The van der Waals surface area contributed by atoms with Crippen molar-refractivity contribution in [3.8, 4) is 11.5 Å². The Morgan fingerprint density at radius 1 is 0.962 bits per heavy atom. The third kappa shape index (κ3) is 3.18. The van der Waals surface area contributed by atoms with E-state index >= 15 is 0 Å². The molecule has 1 aromatic heterocycles. The number of rotatable bonds is 3. The highest BCUT2D eigenvalue weighted by Crippen LogP contribution is 2.37. The van der Waals surface area contributed by atoms with E-state index in [0.29, 0.717) is 34.9 Å². The SMILES string of the molecule is FC(F)(F)c1ccc2c(c1)N=C(c1ccncc1Oc1ccccc1)C2. The third-order valence-corrected chi connectivity index (χ3v) is 4.09. The second kappa shape index (κ2) is 6.29. The van der Waals surface area contributed by atoms with Crippen LogP contribution in [0.2, 0.25) is 0 Å². The first kappa shape index (κ1) is 16.3. The van der Waals surface area contributed by atoms with Crippen molar-refractivity contribution in [3.05, 3.63) is 83.7 Å². The van der Waals surface area contributed by atoms with Gasteiger partial charge < -0.3 is 4.74 Å². The van der Waals surface area contributed by atoms with E-state index in [1.807, 2.05) is 30.3 Å². The number of benzene rings is 2. The van der Waals surface area contributed by atoms with Gasteiger partial charge in [0, 0.05) is 18.2 Å². The zero-order chi connectivity index (χ0) is 18.1. The van der Waals surface area contributed by atoms with Crippen LogP contribution in [0.3, 0.4) is 0 Å². The van der Waals surface area contributed by atoms with Crippen LogP contribution < -0.4 is 4.74 Å². The van der Waals surface area contributed by atoms with Gasteiger partial charge in [-0.25, -0.2) is 0 Å². The van der Waals surface area contributed by atoms with E-state index in [-0.39, 0.29) is 0 Å². The van der Waals surface area contributed by atoms with E-state index in [4.69, 9.17) is 4.74 Å². The number of hydrogen-bond acceptors (Lipinski definition) is 3. The van der Waals surface area contributed by atoms with Gasteiger partial charge in [0.1, 0.15) is 5.75 Å². The number of hydrogen-bond donors (Lipinski definition) is 0. The molecule has 0 aliphatic carbocycles. The first-order chi connectivity index (χ1) is 12.5. The lowest BCUT2D eigenvalue weighted by Gasteiger charge is -2.10. The zero-order valence-corrected chi connectivity index (χ0v) is 13.5. The Balaban J connectivity index is 1.68. The average Bonchev–Trinajstić information content (AvgIpc) is 3.05. The molecule has 0 amide bonds. The molecule has 0 spiro atoms. The van der Waals surface area contributed by atoms with Crippen LogP contribution in [-0.4, -0.2) is 10.7 Å². The Morgan fingerprint density at radius 3 is 2.54 bits per heavy atom. The van der Waals surface area contributed by atoms with Crippen molar-refractivity contribution >= 4 is 11.4 Å². The van der Waals surface area contributed by atoms with Crippen LogP contribution in [0.5, 0.6) is 11.5 Å². The lowest BCUT2D eigenvalue weighted by Crippen LogP contribution is -2.05. The fourth-order valence-corrected chi connectivity index (χ4v) is 2.83. The molecule has 3 nitrogen and oxygen atoms in total. The summed E-state index contributed by atoms with van der Waals surface area (Å²) in [5.41, 5.74) is 1.78. The van der Waals surface area contributed by atoms with Gasteiger partial charge in [-0.3, -0.25) is 9.98 Å². The van der Waals surface area contributed by atoms with E-state index in [1.54, 1.807) is 18.5 Å². The van der Waals surface area contributed by atoms with Gasteiger partial charge in [-0.05, 0) is 35.9 Å². The fourth-order valence-electron chi connectivity index (χ4n) is 2.83. The number of ether oxygens (including phenoxy) is 1. The summed E-state index contributed by atoms with van der Waals surface area (Å²) >= 11 is 0. The Hall–Kier alpha value is -3.15. The minimum absolute atomic E-state index is 0.345. The van der Waals surface area contributed by atoms with Crippen LogP contribution in [-0.2, 0) is 12.6 Å². The third-order valence-electron chi connectivity index (χ3n) is 4.09. The summed E-state index contributed by atoms with van der Waals surface area (Å²) in [7, 11) is 0. The van der Waals surface area contributed by atoms with Crippen molar-refractivity contribution in [2.75, 3.05) is 0 Å². The van der Waals surface area contributed by atoms with Crippen molar-refractivity contribution in [1.82, 2.24) is 4.98 Å². The van der Waals surface area contributed by atoms with Crippen LogP contribution >= 0.6 is 0 Å². The molecule has 0 unspecified atom stereocenters. The number of aliphatic imine (C=N–C) groups is 1. The van der Waals surface area contributed by atoms with Gasteiger partial charge in [-0.2, -0.15) is 13.2 Å². The van der Waals surface area contributed by atoms with Gasteiger partial charge in [0.05, 0.1) is 23.2 Å². The molecule has 0 radical (unpaired) electrons. The number of pyridine rings is 1. The summed E-state index contributed by atoms with van der Waals surface area (Å²) in [4.78, 5) is 8.49. The monoisotopic (exact) mass is 354 g/mol. The summed E-state index contributed by atoms with van der Waals surface area (Å²) in [5, 5.41) is 0. The number of nitrogens with zero attached hydrogens (tertiary/aromatic N) is 2. The molecule has 0 fully saturated rings. The molecular formula is C20H13F3N2O. The molecule has 4 rings (SSSR count). The van der Waals surface area contributed by atoms with Crippen molar-refractivity contribution in [1.29, 1.82) is 0 Å². The highest BCUT2D eigenvalue weighted by molar-refractivity contribution is 6.08. The molecule has 0 bridgehead atoms. The minimum atomic E-state index is -4.38. The van der Waals surface area contributed by atoms with E-state index < -0.39 is 11.7 Å². The predicted molar refractivity (Wildman–Crippen MR) is 92.1 cm³/mol. The van der Waals surface area contributed by atoms with Gasteiger partial charge in [0.15, 0.2) is 5.75 Å². The van der Waals surface area contributed by atoms with E-state index in [0.717, 1.165) is 17.7 Å². The first-order valence-corrected chi connectivity index (χ1v) is 7.96. The molecule has 130 valence electrons. The Labute approximate surface area is 147 Å². The molecule has 1 aliphatic heterocycles. The fraction of sp³-hybridized carbons (Fsp3) is 0.100. The normalized spacial score (nSPS) is 13.3. The number of alkyl halides is 3. The molecule has 0 saturated carbocycles. The predicted octanol–water partition coefficient (Wildman–Crippen LogP) is 5.57. The van der Waals surface area contributed by atoms with Crippen molar-refractivity contribution in [2.45, 2.75) is 12.6 Å². The Kier molecular flexibility index (Phi) is 3.95. The highest BCUT2D eigenvalue weighted by Gasteiger charge is 2.32. The topological polar surface area (TPSA) is 34.5 Å². The summed E-state index contributed by atoms with van der Waals surface area (Å²) in [6, 6.07) is 14.6. The molecular weight excluding hydrogens is 341 g/mol. The molecule has 0 N–H and O–H groups in total. The molecule has 3 aromatic rings. The quantitative estimate of drug-likeness (QED) is 0.616. The van der Waals surface area contributed by atoms with Crippen LogP contribution in [0.4, 0.5) is 18.9 Å². The maximum absolute atomic E-state index is 12.9. The van der Waals surface area contributed by atoms with E-state index in [2.05, 4.69) is 9.98 Å². The summed E-state index contributed by atoms with van der Waals surface area (Å²) in [6.45, 7) is 0. The standard InChI is InChI=1S/C20H13F3N2O/c21-20(22,23)14-7-6-13-10-18(25-17(13)11-14)16-8-9-24-12-19(16)26-15-4-2-1-3-5-15/h1-9,11-12H,10H2. The molecule has 0 atom stereocenters. The van der Waals surface area contributed by atoms with Crippen LogP contribution in [0.15, 0.2) is 72.0 Å². The summed E-state index contributed by atoms with van der Waals surface area (Å²) in [6.07, 6.45) is -0.747. The van der Waals surface area contributed by atoms with Crippen LogP contribution in [0, 0.1) is 0 Å². The van der Waals surface area contributed by atoms with Gasteiger partial charge in [-0.1, -0.05) is 24.3 Å². The van der Waals surface area contributed by atoms with Gasteiger partial charge in [0.2, 0.25) is 0 Å². The molecule has 26 heavy (non-hydrogen) atoms. The summed E-state index contributed by atoms with van der Waals surface area (Å²) in [5.74, 6) is 1.17. The Morgan fingerprint density at radius 2 is 1.77 bits per heavy atom. The number of aromatic nitrogens is 1.